The first-order valence-electron chi connectivity index (χ1n) is 8.75. The van der Waals surface area contributed by atoms with E-state index in [4.69, 9.17) is 11.6 Å². The number of anilines is 1. The molecule has 0 aliphatic rings. The van der Waals surface area contributed by atoms with E-state index < -0.39 is 16.1 Å². The molecule has 2 aromatic rings. The Bertz CT molecular complexity index is 880. The van der Waals surface area contributed by atoms with Crippen molar-refractivity contribution in [2.24, 2.45) is 0 Å². The lowest BCUT2D eigenvalue weighted by molar-refractivity contribution is -0.122. The number of carbonyl (C=O) groups excluding carboxylic acids is 1. The van der Waals surface area contributed by atoms with Crippen LogP contribution in [0.1, 0.15) is 37.4 Å². The molecule has 27 heavy (non-hydrogen) atoms. The Morgan fingerprint density at radius 1 is 1.11 bits per heavy atom. The van der Waals surface area contributed by atoms with Crippen molar-refractivity contribution >= 4 is 33.2 Å². The summed E-state index contributed by atoms with van der Waals surface area (Å²) in [5, 5.41) is 3.46. The van der Waals surface area contributed by atoms with Gasteiger partial charge in [-0.05, 0) is 50.1 Å². The minimum atomic E-state index is -3.66. The van der Waals surface area contributed by atoms with Gasteiger partial charge >= 0.3 is 0 Å². The predicted octanol–water partition coefficient (Wildman–Crippen LogP) is 4.07. The lowest BCUT2D eigenvalue weighted by Crippen LogP contribution is -2.48. The maximum Gasteiger partial charge on any atom is 0.244 e. The van der Waals surface area contributed by atoms with E-state index >= 15 is 0 Å². The average molecular weight is 409 g/mol. The third-order valence-corrected chi connectivity index (χ3v) is 5.87. The van der Waals surface area contributed by atoms with Crippen LogP contribution in [-0.4, -0.2) is 26.6 Å². The average Bonchev–Trinajstić information content (AvgIpc) is 2.61. The fraction of sp³-hybridized carbons (Fsp3) is 0.350. The van der Waals surface area contributed by atoms with Gasteiger partial charge in [-0.25, -0.2) is 8.42 Å². The van der Waals surface area contributed by atoms with Gasteiger partial charge in [0.1, 0.15) is 6.04 Å². The van der Waals surface area contributed by atoms with Crippen LogP contribution in [0, 0.1) is 6.92 Å². The van der Waals surface area contributed by atoms with Gasteiger partial charge < -0.3 is 5.32 Å². The zero-order valence-electron chi connectivity index (χ0n) is 15.9. The molecule has 0 aliphatic carbocycles. The Balaban J connectivity index is 2.26. The van der Waals surface area contributed by atoms with Crippen molar-refractivity contribution in [1.82, 2.24) is 5.32 Å². The van der Waals surface area contributed by atoms with Gasteiger partial charge in [-0.1, -0.05) is 48.4 Å². The third-order valence-electron chi connectivity index (χ3n) is 4.37. The van der Waals surface area contributed by atoms with Crippen LogP contribution >= 0.6 is 11.6 Å². The van der Waals surface area contributed by atoms with Crippen molar-refractivity contribution in [1.29, 1.82) is 0 Å². The lowest BCUT2D eigenvalue weighted by Gasteiger charge is -2.29. The summed E-state index contributed by atoms with van der Waals surface area (Å²) < 4.78 is 25.8. The zero-order valence-corrected chi connectivity index (χ0v) is 17.5. The Labute approximate surface area is 166 Å². The summed E-state index contributed by atoms with van der Waals surface area (Å²) in [7, 11) is -3.66. The van der Waals surface area contributed by atoms with Gasteiger partial charge in [-0.15, -0.1) is 0 Å². The first-order chi connectivity index (χ1) is 12.6. The highest BCUT2D eigenvalue weighted by Gasteiger charge is 2.30. The van der Waals surface area contributed by atoms with Gasteiger partial charge in [-0.3, -0.25) is 9.10 Å². The molecule has 5 nitrogen and oxygen atoms in total. The topological polar surface area (TPSA) is 66.5 Å². The molecule has 0 aromatic heterocycles. The molecule has 7 heteroatoms. The Morgan fingerprint density at radius 2 is 1.67 bits per heavy atom. The third kappa shape index (κ3) is 5.47. The normalized spacial score (nSPS) is 13.7. The number of hydrogen-bond acceptors (Lipinski definition) is 3. The molecule has 0 saturated carbocycles. The van der Waals surface area contributed by atoms with E-state index in [-0.39, 0.29) is 11.9 Å². The summed E-state index contributed by atoms with van der Waals surface area (Å²) >= 11 is 5.89. The van der Waals surface area contributed by atoms with Gasteiger partial charge in [0.05, 0.1) is 18.0 Å². The molecule has 2 aromatic carbocycles. The van der Waals surface area contributed by atoms with Crippen molar-refractivity contribution in [3.8, 4) is 0 Å². The van der Waals surface area contributed by atoms with Gasteiger partial charge in [0.2, 0.25) is 15.9 Å². The van der Waals surface area contributed by atoms with Crippen LogP contribution in [0.15, 0.2) is 48.5 Å². The number of hydrogen-bond donors (Lipinski definition) is 1. The zero-order chi connectivity index (χ0) is 20.2. The number of halogens is 1. The van der Waals surface area contributed by atoms with Gasteiger partial charge in [0.15, 0.2) is 0 Å². The van der Waals surface area contributed by atoms with E-state index in [0.29, 0.717) is 17.1 Å². The van der Waals surface area contributed by atoms with Gasteiger partial charge in [-0.2, -0.15) is 0 Å². The Kier molecular flexibility index (Phi) is 6.89. The number of sulfonamides is 1. The summed E-state index contributed by atoms with van der Waals surface area (Å²) in [6.45, 7) is 5.55. The van der Waals surface area contributed by atoms with Crippen molar-refractivity contribution in [3.05, 3.63) is 64.7 Å². The van der Waals surface area contributed by atoms with Crippen LogP contribution < -0.4 is 9.62 Å². The molecule has 2 rings (SSSR count). The first-order valence-corrected chi connectivity index (χ1v) is 11.0. The highest BCUT2D eigenvalue weighted by atomic mass is 35.5. The second-order valence-corrected chi connectivity index (χ2v) is 8.89. The fourth-order valence-corrected chi connectivity index (χ4v) is 4.21. The summed E-state index contributed by atoms with van der Waals surface area (Å²) in [6.07, 6.45) is 1.78. The summed E-state index contributed by atoms with van der Waals surface area (Å²) in [5.74, 6) is -0.359. The number of amides is 1. The second kappa shape index (κ2) is 8.76. The van der Waals surface area contributed by atoms with Gasteiger partial charge in [0.25, 0.3) is 0 Å². The number of benzene rings is 2. The van der Waals surface area contributed by atoms with E-state index in [1.807, 2.05) is 38.1 Å². The number of nitrogens with one attached hydrogen (secondary N) is 1. The molecule has 2 unspecified atom stereocenters. The Morgan fingerprint density at radius 3 is 2.15 bits per heavy atom. The van der Waals surface area contributed by atoms with E-state index in [2.05, 4.69) is 5.32 Å². The molecule has 0 bridgehead atoms. The monoisotopic (exact) mass is 408 g/mol. The van der Waals surface area contributed by atoms with Crippen LogP contribution in [0.2, 0.25) is 5.02 Å². The molecule has 0 fully saturated rings. The standard InChI is InChI=1S/C20H25ClN2O3S/c1-5-19(16-8-6-14(2)7-9-16)22-20(24)15(3)23(27(4,25)26)18-12-10-17(21)11-13-18/h6-13,15,19H,5H2,1-4H3,(H,22,24). The van der Waals surface area contributed by atoms with Crippen LogP contribution in [0.4, 0.5) is 5.69 Å². The maximum atomic E-state index is 12.8. The number of rotatable bonds is 7. The molecule has 0 spiro atoms. The molecule has 2 atom stereocenters. The maximum absolute atomic E-state index is 12.8. The van der Waals surface area contributed by atoms with Crippen molar-refractivity contribution < 1.29 is 13.2 Å². The molecular weight excluding hydrogens is 384 g/mol. The van der Waals surface area contributed by atoms with Gasteiger partial charge in [0, 0.05) is 5.02 Å². The minimum Gasteiger partial charge on any atom is -0.347 e. The van der Waals surface area contributed by atoms with E-state index in [9.17, 15) is 13.2 Å². The highest BCUT2D eigenvalue weighted by molar-refractivity contribution is 7.92. The number of aryl methyl sites for hydroxylation is 1. The summed E-state index contributed by atoms with van der Waals surface area (Å²) in [5.41, 5.74) is 2.52. The SMILES string of the molecule is CCC(NC(=O)C(C)N(c1ccc(Cl)cc1)S(C)(=O)=O)c1ccc(C)cc1. The molecule has 1 N–H and O–H groups in total. The Hall–Kier alpha value is -2.05. The second-order valence-electron chi connectivity index (χ2n) is 6.59. The largest absolute Gasteiger partial charge is 0.347 e. The van der Waals surface area contributed by atoms with Crippen LogP contribution in [-0.2, 0) is 14.8 Å². The number of nitrogens with zero attached hydrogens (tertiary/aromatic N) is 1. The quantitative estimate of drug-likeness (QED) is 0.750. The van der Waals surface area contributed by atoms with Crippen molar-refractivity contribution in [2.75, 3.05) is 10.6 Å². The number of carbonyl (C=O) groups is 1. The smallest absolute Gasteiger partial charge is 0.244 e. The molecule has 1 amide bonds. The van der Waals surface area contributed by atoms with E-state index in [1.165, 1.54) is 0 Å². The van der Waals surface area contributed by atoms with Crippen molar-refractivity contribution in [3.63, 3.8) is 0 Å². The molecule has 0 saturated heterocycles. The predicted molar refractivity (Wildman–Crippen MR) is 111 cm³/mol. The van der Waals surface area contributed by atoms with E-state index in [1.54, 1.807) is 31.2 Å². The van der Waals surface area contributed by atoms with E-state index in [0.717, 1.165) is 21.7 Å². The van der Waals surface area contributed by atoms with Crippen LogP contribution in [0.5, 0.6) is 0 Å². The summed E-state index contributed by atoms with van der Waals surface area (Å²) in [4.78, 5) is 12.8. The lowest BCUT2D eigenvalue weighted by atomic mass is 10.0. The summed E-state index contributed by atoms with van der Waals surface area (Å²) in [6, 6.07) is 13.2. The van der Waals surface area contributed by atoms with Crippen molar-refractivity contribution in [2.45, 2.75) is 39.3 Å². The fourth-order valence-electron chi connectivity index (χ4n) is 2.91. The first kappa shape index (κ1) is 21.3. The molecule has 0 radical (unpaired) electrons. The van der Waals surface area contributed by atoms with Crippen LogP contribution in [0.3, 0.4) is 0 Å². The minimum absolute atomic E-state index is 0.188. The molecule has 0 heterocycles. The highest BCUT2D eigenvalue weighted by Crippen LogP contribution is 2.24. The van der Waals surface area contributed by atoms with Crippen LogP contribution in [0.25, 0.3) is 0 Å². The molecule has 0 aliphatic heterocycles. The molecular formula is C20H25ClN2O3S. The molecule has 146 valence electrons.